The van der Waals surface area contributed by atoms with Gasteiger partial charge in [0, 0.05) is 13.1 Å². The standard InChI is InChI=1S/C20H26N4O2S/c1-11-16(3-4-26-11)19-22-23-20(24(19)2)27-10-17(25)21-18-14-6-12-5-13(8-14)9-15(18)7-12/h3-4,12-15,18H,5-10H2,1-2H3,(H,21,25). The quantitative estimate of drug-likeness (QED) is 0.797. The SMILES string of the molecule is Cc1occc1-c1nnc(SCC(=O)NC2C3CC4CC(C3)CC2C4)n1C. The molecule has 0 aliphatic heterocycles. The molecule has 1 amide bonds. The molecule has 2 aromatic heterocycles. The Morgan fingerprint density at radius 3 is 2.56 bits per heavy atom. The van der Waals surface area contributed by atoms with Crippen molar-refractivity contribution in [2.75, 3.05) is 5.75 Å². The predicted octanol–water partition coefficient (Wildman–Crippen LogP) is 3.42. The van der Waals surface area contributed by atoms with Gasteiger partial charge in [0.2, 0.25) is 5.91 Å². The van der Waals surface area contributed by atoms with Gasteiger partial charge in [-0.3, -0.25) is 4.79 Å². The summed E-state index contributed by atoms with van der Waals surface area (Å²) in [4.78, 5) is 12.6. The van der Waals surface area contributed by atoms with E-state index in [4.69, 9.17) is 4.42 Å². The Kier molecular flexibility index (Phi) is 4.30. The highest BCUT2D eigenvalue weighted by molar-refractivity contribution is 7.99. The number of carbonyl (C=O) groups is 1. The van der Waals surface area contributed by atoms with Gasteiger partial charge in [0.25, 0.3) is 0 Å². The van der Waals surface area contributed by atoms with E-state index >= 15 is 0 Å². The van der Waals surface area contributed by atoms with E-state index in [9.17, 15) is 4.79 Å². The van der Waals surface area contributed by atoms with Gasteiger partial charge in [0.05, 0.1) is 17.6 Å². The summed E-state index contributed by atoms with van der Waals surface area (Å²) in [5.74, 6) is 5.38. The summed E-state index contributed by atoms with van der Waals surface area (Å²) in [6.45, 7) is 1.91. The lowest BCUT2D eigenvalue weighted by Gasteiger charge is -2.54. The maximum Gasteiger partial charge on any atom is 0.230 e. The first kappa shape index (κ1) is 17.3. The Labute approximate surface area is 163 Å². The van der Waals surface area contributed by atoms with E-state index in [1.807, 2.05) is 24.6 Å². The molecule has 2 aromatic rings. The number of aryl methyl sites for hydroxylation is 1. The largest absolute Gasteiger partial charge is 0.469 e. The second kappa shape index (κ2) is 6.69. The number of amides is 1. The molecule has 7 heteroatoms. The van der Waals surface area contributed by atoms with E-state index < -0.39 is 0 Å². The zero-order valence-corrected chi connectivity index (χ0v) is 16.7. The molecule has 0 spiro atoms. The number of thioether (sulfide) groups is 1. The van der Waals surface area contributed by atoms with Gasteiger partial charge in [-0.2, -0.15) is 0 Å². The summed E-state index contributed by atoms with van der Waals surface area (Å²) < 4.78 is 7.29. The molecule has 0 atom stereocenters. The van der Waals surface area contributed by atoms with E-state index in [0.29, 0.717) is 23.6 Å². The molecule has 1 N–H and O–H groups in total. The van der Waals surface area contributed by atoms with Crippen molar-refractivity contribution in [2.45, 2.75) is 50.2 Å². The Balaban J connectivity index is 1.20. The van der Waals surface area contributed by atoms with Crippen LogP contribution in [0.2, 0.25) is 0 Å². The zero-order chi connectivity index (χ0) is 18.5. The molecule has 6 rings (SSSR count). The minimum absolute atomic E-state index is 0.126. The lowest BCUT2D eigenvalue weighted by atomic mass is 9.54. The van der Waals surface area contributed by atoms with Crippen molar-refractivity contribution < 1.29 is 9.21 Å². The van der Waals surface area contributed by atoms with Crippen molar-refractivity contribution in [3.05, 3.63) is 18.1 Å². The van der Waals surface area contributed by atoms with Gasteiger partial charge in [-0.15, -0.1) is 10.2 Å². The average Bonchev–Trinajstić information content (AvgIpc) is 3.21. The lowest BCUT2D eigenvalue weighted by molar-refractivity contribution is -0.122. The molecule has 0 unspecified atom stereocenters. The van der Waals surface area contributed by atoms with Gasteiger partial charge in [0.15, 0.2) is 11.0 Å². The van der Waals surface area contributed by atoms with Gasteiger partial charge in [-0.25, -0.2) is 0 Å². The zero-order valence-electron chi connectivity index (χ0n) is 15.9. The third kappa shape index (κ3) is 3.10. The summed E-state index contributed by atoms with van der Waals surface area (Å²) in [6, 6.07) is 2.29. The smallest absolute Gasteiger partial charge is 0.230 e. The molecular weight excluding hydrogens is 360 g/mol. The normalized spacial score (nSPS) is 31.4. The fraction of sp³-hybridized carbons (Fsp3) is 0.650. The van der Waals surface area contributed by atoms with Crippen LogP contribution in [0, 0.1) is 30.6 Å². The predicted molar refractivity (Wildman–Crippen MR) is 103 cm³/mol. The number of furan rings is 1. The van der Waals surface area contributed by atoms with E-state index in [1.165, 1.54) is 43.9 Å². The number of hydrogen-bond donors (Lipinski definition) is 1. The number of nitrogens with zero attached hydrogens (tertiary/aromatic N) is 3. The van der Waals surface area contributed by atoms with Crippen LogP contribution in [-0.2, 0) is 11.8 Å². The topological polar surface area (TPSA) is 72.9 Å². The van der Waals surface area contributed by atoms with Crippen molar-refractivity contribution in [1.82, 2.24) is 20.1 Å². The molecule has 2 heterocycles. The second-order valence-electron chi connectivity index (χ2n) is 8.57. The van der Waals surface area contributed by atoms with Crippen LogP contribution in [0.5, 0.6) is 0 Å². The first-order valence-corrected chi connectivity index (χ1v) is 10.9. The molecule has 27 heavy (non-hydrogen) atoms. The number of rotatable bonds is 5. The highest BCUT2D eigenvalue weighted by Crippen LogP contribution is 2.53. The molecule has 144 valence electrons. The van der Waals surface area contributed by atoms with Crippen molar-refractivity contribution in [1.29, 1.82) is 0 Å². The highest BCUT2D eigenvalue weighted by atomic mass is 32.2. The van der Waals surface area contributed by atoms with E-state index in [2.05, 4.69) is 15.5 Å². The van der Waals surface area contributed by atoms with Crippen LogP contribution in [0.3, 0.4) is 0 Å². The summed E-state index contributed by atoms with van der Waals surface area (Å²) in [5, 5.41) is 12.6. The van der Waals surface area contributed by atoms with Gasteiger partial charge in [0.1, 0.15) is 5.76 Å². The number of aromatic nitrogens is 3. The third-order valence-corrected chi connectivity index (χ3v) is 7.84. The minimum atomic E-state index is 0.126. The first-order chi connectivity index (χ1) is 13.1. The molecule has 0 radical (unpaired) electrons. The fourth-order valence-corrected chi connectivity index (χ4v) is 6.53. The van der Waals surface area contributed by atoms with Crippen LogP contribution in [-0.4, -0.2) is 32.5 Å². The van der Waals surface area contributed by atoms with Gasteiger partial charge in [-0.1, -0.05) is 11.8 Å². The van der Waals surface area contributed by atoms with Gasteiger partial charge < -0.3 is 14.3 Å². The van der Waals surface area contributed by atoms with Crippen LogP contribution in [0.1, 0.15) is 37.9 Å². The molecule has 4 saturated carbocycles. The van der Waals surface area contributed by atoms with E-state index in [1.54, 1.807) is 6.26 Å². The maximum atomic E-state index is 12.6. The molecule has 4 aliphatic carbocycles. The van der Waals surface area contributed by atoms with Crippen molar-refractivity contribution in [2.24, 2.45) is 30.7 Å². The Bertz CT molecular complexity index is 830. The van der Waals surface area contributed by atoms with Crippen LogP contribution in [0.25, 0.3) is 11.4 Å². The monoisotopic (exact) mass is 386 g/mol. The van der Waals surface area contributed by atoms with Crippen molar-refractivity contribution in [3.63, 3.8) is 0 Å². The summed E-state index contributed by atoms with van der Waals surface area (Å²) in [7, 11) is 1.93. The van der Waals surface area contributed by atoms with Gasteiger partial charge >= 0.3 is 0 Å². The average molecular weight is 387 g/mol. The molecule has 4 bridgehead atoms. The molecule has 0 saturated heterocycles. The molecule has 0 aromatic carbocycles. The Morgan fingerprint density at radius 1 is 1.22 bits per heavy atom. The Hall–Kier alpha value is -1.76. The lowest BCUT2D eigenvalue weighted by Crippen LogP contribution is -2.56. The maximum absolute atomic E-state index is 12.6. The van der Waals surface area contributed by atoms with Crippen molar-refractivity contribution in [3.8, 4) is 11.4 Å². The third-order valence-electron chi connectivity index (χ3n) is 6.82. The molecule has 4 aliphatic rings. The van der Waals surface area contributed by atoms with Crippen LogP contribution in [0.4, 0.5) is 0 Å². The summed E-state index contributed by atoms with van der Waals surface area (Å²) >= 11 is 1.45. The van der Waals surface area contributed by atoms with Crippen LogP contribution >= 0.6 is 11.8 Å². The number of nitrogens with one attached hydrogen (secondary N) is 1. The van der Waals surface area contributed by atoms with Gasteiger partial charge in [-0.05, 0) is 68.8 Å². The number of carbonyl (C=O) groups excluding carboxylic acids is 1. The highest BCUT2D eigenvalue weighted by Gasteiger charge is 2.48. The van der Waals surface area contributed by atoms with Crippen molar-refractivity contribution >= 4 is 17.7 Å². The summed E-state index contributed by atoms with van der Waals surface area (Å²) in [6.07, 6.45) is 8.38. The minimum Gasteiger partial charge on any atom is -0.469 e. The number of hydrogen-bond acceptors (Lipinski definition) is 5. The second-order valence-corrected chi connectivity index (χ2v) is 9.51. The molecular formula is C20H26N4O2S. The van der Waals surface area contributed by atoms with E-state index in [-0.39, 0.29) is 5.91 Å². The first-order valence-electron chi connectivity index (χ1n) is 9.94. The van der Waals surface area contributed by atoms with E-state index in [0.717, 1.165) is 34.1 Å². The van der Waals surface area contributed by atoms with Crippen LogP contribution < -0.4 is 5.32 Å². The molecule has 6 nitrogen and oxygen atoms in total. The summed E-state index contributed by atoms with van der Waals surface area (Å²) in [5.41, 5.74) is 0.940. The molecule has 4 fully saturated rings. The van der Waals surface area contributed by atoms with Crippen LogP contribution in [0.15, 0.2) is 21.9 Å². The fourth-order valence-electron chi connectivity index (χ4n) is 5.81. The Morgan fingerprint density at radius 2 is 1.93 bits per heavy atom.